The zero-order chi connectivity index (χ0) is 12.0. The molecule has 5 heteroatoms. The Hall–Kier alpha value is -0.320. The first kappa shape index (κ1) is 16.7. The lowest BCUT2D eigenvalue weighted by Gasteiger charge is -2.28. The number of carbonyl (C=O) groups excluding carboxylic acids is 1. The van der Waals surface area contributed by atoms with Gasteiger partial charge in [0.25, 0.3) is 0 Å². The molecule has 0 saturated carbocycles. The van der Waals surface area contributed by atoms with Gasteiger partial charge >= 0.3 is 0 Å². The van der Waals surface area contributed by atoms with E-state index < -0.39 is 0 Å². The van der Waals surface area contributed by atoms with E-state index in [1.807, 2.05) is 13.8 Å². The van der Waals surface area contributed by atoms with Gasteiger partial charge in [0.2, 0.25) is 5.91 Å². The molecule has 102 valence electrons. The van der Waals surface area contributed by atoms with Gasteiger partial charge in [0.05, 0.1) is 0 Å². The molecule has 1 aliphatic rings. The van der Waals surface area contributed by atoms with Crippen molar-refractivity contribution < 1.29 is 9.53 Å². The van der Waals surface area contributed by atoms with Crippen molar-refractivity contribution in [3.05, 3.63) is 0 Å². The van der Waals surface area contributed by atoms with Gasteiger partial charge in [-0.1, -0.05) is 13.8 Å². The minimum Gasteiger partial charge on any atom is -0.368 e. The third-order valence-corrected chi connectivity index (χ3v) is 3.50. The van der Waals surface area contributed by atoms with Crippen molar-refractivity contribution >= 4 is 18.3 Å². The SMILES string of the molecule is CCC(N)(CC)CNC(=O)C1CCCCO1.Cl. The van der Waals surface area contributed by atoms with Crippen LogP contribution < -0.4 is 11.1 Å². The molecule has 1 aliphatic heterocycles. The van der Waals surface area contributed by atoms with Crippen LogP contribution in [0.4, 0.5) is 0 Å². The Kier molecular flexibility index (Phi) is 7.75. The van der Waals surface area contributed by atoms with Gasteiger partial charge in [-0.15, -0.1) is 12.4 Å². The van der Waals surface area contributed by atoms with Crippen molar-refractivity contribution in [1.82, 2.24) is 5.32 Å². The lowest BCUT2D eigenvalue weighted by Crippen LogP contribution is -2.51. The zero-order valence-electron chi connectivity index (χ0n) is 10.8. The molecule has 17 heavy (non-hydrogen) atoms. The van der Waals surface area contributed by atoms with Crippen LogP contribution in [-0.2, 0) is 9.53 Å². The quantitative estimate of drug-likeness (QED) is 0.793. The van der Waals surface area contributed by atoms with Gasteiger partial charge < -0.3 is 15.8 Å². The average molecular weight is 265 g/mol. The summed E-state index contributed by atoms with van der Waals surface area (Å²) in [5, 5.41) is 2.91. The van der Waals surface area contributed by atoms with Gasteiger partial charge in [-0.2, -0.15) is 0 Å². The van der Waals surface area contributed by atoms with Gasteiger partial charge in [0.15, 0.2) is 0 Å². The molecule has 0 aromatic carbocycles. The predicted molar refractivity (Wildman–Crippen MR) is 71.3 cm³/mol. The third kappa shape index (κ3) is 5.23. The first-order valence-corrected chi connectivity index (χ1v) is 6.29. The van der Waals surface area contributed by atoms with Crippen LogP contribution in [0.1, 0.15) is 46.0 Å². The van der Waals surface area contributed by atoms with Gasteiger partial charge in [0.1, 0.15) is 6.10 Å². The van der Waals surface area contributed by atoms with Crippen LogP contribution in [0.25, 0.3) is 0 Å². The lowest BCUT2D eigenvalue weighted by atomic mass is 9.94. The van der Waals surface area contributed by atoms with Crippen LogP contribution in [0.5, 0.6) is 0 Å². The monoisotopic (exact) mass is 264 g/mol. The van der Waals surface area contributed by atoms with Crippen LogP contribution in [0.2, 0.25) is 0 Å². The van der Waals surface area contributed by atoms with Crippen molar-refractivity contribution in [2.45, 2.75) is 57.6 Å². The third-order valence-electron chi connectivity index (χ3n) is 3.50. The molecule has 1 atom stereocenters. The first-order chi connectivity index (χ1) is 7.61. The number of nitrogens with one attached hydrogen (secondary N) is 1. The molecule has 1 rings (SSSR count). The summed E-state index contributed by atoms with van der Waals surface area (Å²) in [5.41, 5.74) is 5.85. The van der Waals surface area contributed by atoms with E-state index in [4.69, 9.17) is 10.5 Å². The Labute approximate surface area is 110 Å². The predicted octanol–water partition coefficient (Wildman–Crippen LogP) is 1.61. The Bertz CT molecular complexity index is 227. The molecule has 1 heterocycles. The summed E-state index contributed by atoms with van der Waals surface area (Å²) in [4.78, 5) is 11.8. The minimum atomic E-state index is -0.273. The highest BCUT2D eigenvalue weighted by molar-refractivity contribution is 5.85. The van der Waals surface area contributed by atoms with Crippen LogP contribution in [0.3, 0.4) is 0 Å². The molecule has 3 N–H and O–H groups in total. The van der Waals surface area contributed by atoms with Crippen molar-refractivity contribution in [3.63, 3.8) is 0 Å². The molecule has 1 fully saturated rings. The molecule has 0 aliphatic carbocycles. The number of hydrogen-bond donors (Lipinski definition) is 2. The van der Waals surface area contributed by atoms with Gasteiger partial charge in [-0.05, 0) is 32.1 Å². The Morgan fingerprint density at radius 1 is 1.41 bits per heavy atom. The molecular formula is C12H25ClN2O2. The largest absolute Gasteiger partial charge is 0.368 e. The van der Waals surface area contributed by atoms with Gasteiger partial charge in [-0.25, -0.2) is 0 Å². The highest BCUT2D eigenvalue weighted by Gasteiger charge is 2.25. The van der Waals surface area contributed by atoms with Crippen molar-refractivity contribution in [2.75, 3.05) is 13.2 Å². The number of ether oxygens (including phenoxy) is 1. The maximum absolute atomic E-state index is 11.8. The summed E-state index contributed by atoms with van der Waals surface area (Å²) in [6.07, 6.45) is 4.46. The van der Waals surface area contributed by atoms with E-state index in [2.05, 4.69) is 5.32 Å². The Morgan fingerprint density at radius 2 is 2.06 bits per heavy atom. The summed E-state index contributed by atoms with van der Waals surface area (Å²) >= 11 is 0. The second kappa shape index (κ2) is 7.90. The Balaban J connectivity index is 0.00000256. The molecule has 0 aromatic rings. The maximum Gasteiger partial charge on any atom is 0.249 e. The normalized spacial score (nSPS) is 20.5. The van der Waals surface area contributed by atoms with Gasteiger partial charge in [-0.3, -0.25) is 4.79 Å². The summed E-state index contributed by atoms with van der Waals surface area (Å²) in [6.45, 7) is 5.34. The van der Waals surface area contributed by atoms with E-state index in [1.54, 1.807) is 0 Å². The highest BCUT2D eigenvalue weighted by Crippen LogP contribution is 2.14. The Morgan fingerprint density at radius 3 is 2.53 bits per heavy atom. The van der Waals surface area contributed by atoms with Crippen LogP contribution in [0.15, 0.2) is 0 Å². The van der Waals surface area contributed by atoms with E-state index in [0.717, 1.165) is 32.1 Å². The van der Waals surface area contributed by atoms with Gasteiger partial charge in [0, 0.05) is 18.7 Å². The topological polar surface area (TPSA) is 64.3 Å². The smallest absolute Gasteiger partial charge is 0.249 e. The number of nitrogens with two attached hydrogens (primary N) is 1. The standard InChI is InChI=1S/C12H24N2O2.ClH/c1-3-12(13,4-2)9-14-11(15)10-7-5-6-8-16-10;/h10H,3-9,13H2,1-2H3,(H,14,15);1H. The van der Waals surface area contributed by atoms with E-state index in [1.165, 1.54) is 0 Å². The van der Waals surface area contributed by atoms with Crippen molar-refractivity contribution in [1.29, 1.82) is 0 Å². The molecular weight excluding hydrogens is 240 g/mol. The first-order valence-electron chi connectivity index (χ1n) is 6.29. The van der Waals surface area contributed by atoms with Crippen molar-refractivity contribution in [3.8, 4) is 0 Å². The molecule has 1 unspecified atom stereocenters. The zero-order valence-corrected chi connectivity index (χ0v) is 11.6. The van der Waals surface area contributed by atoms with E-state index in [0.29, 0.717) is 13.2 Å². The number of amides is 1. The number of rotatable bonds is 5. The van der Waals surface area contributed by atoms with Crippen LogP contribution in [0, 0.1) is 0 Å². The second-order valence-electron chi connectivity index (χ2n) is 4.64. The number of carbonyl (C=O) groups is 1. The molecule has 0 aromatic heterocycles. The minimum absolute atomic E-state index is 0. The molecule has 1 amide bonds. The van der Waals surface area contributed by atoms with Crippen LogP contribution >= 0.6 is 12.4 Å². The van der Waals surface area contributed by atoms with E-state index in [-0.39, 0.29) is 30.0 Å². The second-order valence-corrected chi connectivity index (χ2v) is 4.64. The fourth-order valence-corrected chi connectivity index (χ4v) is 1.82. The fourth-order valence-electron chi connectivity index (χ4n) is 1.82. The van der Waals surface area contributed by atoms with E-state index >= 15 is 0 Å². The fraction of sp³-hybridized carbons (Fsp3) is 0.917. The molecule has 4 nitrogen and oxygen atoms in total. The molecule has 0 bridgehead atoms. The summed E-state index contributed by atoms with van der Waals surface area (Å²) < 4.78 is 5.42. The summed E-state index contributed by atoms with van der Waals surface area (Å²) in [5.74, 6) is -0.00331. The number of hydrogen-bond acceptors (Lipinski definition) is 3. The summed E-state index contributed by atoms with van der Waals surface area (Å²) in [7, 11) is 0. The molecule has 0 radical (unpaired) electrons. The van der Waals surface area contributed by atoms with Crippen LogP contribution in [-0.4, -0.2) is 30.7 Å². The van der Waals surface area contributed by atoms with Crippen molar-refractivity contribution in [2.24, 2.45) is 5.73 Å². The highest BCUT2D eigenvalue weighted by atomic mass is 35.5. The number of halogens is 1. The molecule has 0 spiro atoms. The molecule has 1 saturated heterocycles. The average Bonchev–Trinajstić information content (AvgIpc) is 2.36. The van der Waals surface area contributed by atoms with E-state index in [9.17, 15) is 4.79 Å². The summed E-state index contributed by atoms with van der Waals surface area (Å²) in [6, 6.07) is 0. The lowest BCUT2D eigenvalue weighted by molar-refractivity contribution is -0.135. The maximum atomic E-state index is 11.8.